The van der Waals surface area contributed by atoms with E-state index >= 15 is 0 Å². The molecule has 0 aliphatic rings. The highest BCUT2D eigenvalue weighted by Gasteiger charge is 1.97. The third-order valence-electron chi connectivity index (χ3n) is 2.64. The van der Waals surface area contributed by atoms with E-state index in [1.807, 2.05) is 19.1 Å². The smallest absolute Gasteiger partial charge is 0.0528 e. The van der Waals surface area contributed by atoms with Crippen LogP contribution in [0.4, 0.5) is 5.69 Å². The molecule has 0 amide bonds. The van der Waals surface area contributed by atoms with Crippen LogP contribution in [0.3, 0.4) is 0 Å². The molecule has 2 nitrogen and oxygen atoms in total. The Morgan fingerprint density at radius 3 is 2.62 bits per heavy atom. The van der Waals surface area contributed by atoms with Crippen molar-refractivity contribution in [3.05, 3.63) is 42.5 Å². The van der Waals surface area contributed by atoms with Crippen molar-refractivity contribution in [1.29, 1.82) is 0 Å². The number of benzene rings is 2. The summed E-state index contributed by atoms with van der Waals surface area (Å²) in [7, 11) is 0. The maximum Gasteiger partial charge on any atom is 0.0528 e. The fraction of sp³-hybridized carbons (Fsp3) is 0.286. The van der Waals surface area contributed by atoms with E-state index in [0.29, 0.717) is 0 Å². The van der Waals surface area contributed by atoms with E-state index in [9.17, 15) is 0 Å². The van der Waals surface area contributed by atoms with Gasteiger partial charge in [-0.3, -0.25) is 0 Å². The van der Waals surface area contributed by atoms with Gasteiger partial charge in [0.2, 0.25) is 0 Å². The number of fused-ring (bicyclic) bond motifs is 1. The zero-order chi connectivity index (χ0) is 11.4. The molecule has 0 spiro atoms. The first-order valence-electron chi connectivity index (χ1n) is 5.66. The normalized spacial score (nSPS) is 12.6. The first-order valence-corrected chi connectivity index (χ1v) is 5.66. The molecule has 0 heterocycles. The summed E-state index contributed by atoms with van der Waals surface area (Å²) in [4.78, 5) is 0. The lowest BCUT2D eigenvalue weighted by molar-refractivity contribution is 0.189. The molecule has 2 rings (SSSR count). The molecule has 0 aromatic heterocycles. The Bertz CT molecular complexity index is 465. The fourth-order valence-corrected chi connectivity index (χ4v) is 1.72. The molecular weight excluding hydrogens is 198 g/mol. The molecule has 0 aliphatic heterocycles. The molecule has 0 bridgehead atoms. The maximum atomic E-state index is 9.16. The Balaban J connectivity index is 2.08. The summed E-state index contributed by atoms with van der Waals surface area (Å²) in [5.74, 6) is 0. The molecule has 0 aliphatic carbocycles. The Labute approximate surface area is 95.9 Å². The van der Waals surface area contributed by atoms with Crippen LogP contribution >= 0.6 is 0 Å². The van der Waals surface area contributed by atoms with Gasteiger partial charge in [0, 0.05) is 12.2 Å². The number of nitrogens with one attached hydrogen (secondary N) is 1. The van der Waals surface area contributed by atoms with Gasteiger partial charge in [-0.2, -0.15) is 0 Å². The highest BCUT2D eigenvalue weighted by molar-refractivity contribution is 5.85. The Morgan fingerprint density at radius 2 is 1.88 bits per heavy atom. The molecule has 1 unspecified atom stereocenters. The van der Waals surface area contributed by atoms with Gasteiger partial charge in [-0.1, -0.05) is 30.3 Å². The second-order valence-corrected chi connectivity index (χ2v) is 4.13. The molecule has 0 saturated carbocycles. The van der Waals surface area contributed by atoms with Gasteiger partial charge in [0.05, 0.1) is 6.10 Å². The van der Waals surface area contributed by atoms with Crippen molar-refractivity contribution < 1.29 is 5.11 Å². The van der Waals surface area contributed by atoms with Crippen molar-refractivity contribution in [2.45, 2.75) is 19.4 Å². The monoisotopic (exact) mass is 215 g/mol. The SMILES string of the molecule is CC(O)CCNc1ccc2ccccc2c1. The molecule has 2 N–H and O–H groups in total. The van der Waals surface area contributed by atoms with Gasteiger partial charge in [0.1, 0.15) is 0 Å². The Hall–Kier alpha value is -1.54. The summed E-state index contributed by atoms with van der Waals surface area (Å²) in [6.07, 6.45) is 0.528. The average Bonchev–Trinajstić information content (AvgIpc) is 2.28. The average molecular weight is 215 g/mol. The molecule has 0 radical (unpaired) electrons. The summed E-state index contributed by atoms with van der Waals surface area (Å²) >= 11 is 0. The van der Waals surface area contributed by atoms with Crippen LogP contribution in [0.25, 0.3) is 10.8 Å². The second-order valence-electron chi connectivity index (χ2n) is 4.13. The summed E-state index contributed by atoms with van der Waals surface area (Å²) < 4.78 is 0. The summed E-state index contributed by atoms with van der Waals surface area (Å²) in [6.45, 7) is 2.61. The summed E-state index contributed by atoms with van der Waals surface area (Å²) in [6, 6.07) is 14.6. The van der Waals surface area contributed by atoms with Crippen LogP contribution in [0, 0.1) is 0 Å². The number of rotatable bonds is 4. The first-order chi connectivity index (χ1) is 7.75. The molecule has 84 valence electrons. The molecule has 16 heavy (non-hydrogen) atoms. The van der Waals surface area contributed by atoms with Crippen LogP contribution in [0.2, 0.25) is 0 Å². The Kier molecular flexibility index (Phi) is 3.42. The largest absolute Gasteiger partial charge is 0.393 e. The van der Waals surface area contributed by atoms with Gasteiger partial charge < -0.3 is 10.4 Å². The number of hydrogen-bond acceptors (Lipinski definition) is 2. The van der Waals surface area contributed by atoms with Gasteiger partial charge in [0.25, 0.3) is 0 Å². The minimum Gasteiger partial charge on any atom is -0.393 e. The van der Waals surface area contributed by atoms with Crippen molar-refractivity contribution in [3.8, 4) is 0 Å². The van der Waals surface area contributed by atoms with Gasteiger partial charge in [-0.05, 0) is 36.2 Å². The third-order valence-corrected chi connectivity index (χ3v) is 2.64. The topological polar surface area (TPSA) is 32.3 Å². The highest BCUT2D eigenvalue weighted by atomic mass is 16.3. The van der Waals surface area contributed by atoms with Gasteiger partial charge in [0.15, 0.2) is 0 Å². The molecular formula is C14H17NO. The minimum absolute atomic E-state index is 0.243. The number of aliphatic hydroxyl groups excluding tert-OH is 1. The van der Waals surface area contributed by atoms with Crippen LogP contribution in [-0.4, -0.2) is 17.8 Å². The molecule has 2 aromatic rings. The summed E-state index contributed by atoms with van der Waals surface area (Å²) in [5, 5.41) is 15.0. The van der Waals surface area contributed by atoms with Gasteiger partial charge in [-0.15, -0.1) is 0 Å². The lowest BCUT2D eigenvalue weighted by Gasteiger charge is -2.08. The van der Waals surface area contributed by atoms with Crippen LogP contribution < -0.4 is 5.32 Å². The van der Waals surface area contributed by atoms with Crippen LogP contribution in [-0.2, 0) is 0 Å². The van der Waals surface area contributed by atoms with Crippen LogP contribution in [0.5, 0.6) is 0 Å². The predicted octanol–water partition coefficient (Wildman–Crippen LogP) is 3.02. The van der Waals surface area contributed by atoms with E-state index in [1.54, 1.807) is 0 Å². The quantitative estimate of drug-likeness (QED) is 0.821. The summed E-state index contributed by atoms with van der Waals surface area (Å²) in [5.41, 5.74) is 1.11. The maximum absolute atomic E-state index is 9.16. The van der Waals surface area contributed by atoms with Gasteiger partial charge in [-0.25, -0.2) is 0 Å². The fourth-order valence-electron chi connectivity index (χ4n) is 1.72. The predicted molar refractivity (Wildman–Crippen MR) is 68.7 cm³/mol. The standard InChI is InChI=1S/C14H17NO/c1-11(16)8-9-15-14-7-6-12-4-2-3-5-13(12)10-14/h2-7,10-11,15-16H,8-9H2,1H3. The van der Waals surface area contributed by atoms with E-state index in [4.69, 9.17) is 5.11 Å². The molecule has 2 aromatic carbocycles. The zero-order valence-electron chi connectivity index (χ0n) is 9.48. The highest BCUT2D eigenvalue weighted by Crippen LogP contribution is 2.18. The van der Waals surface area contributed by atoms with Crippen molar-refractivity contribution >= 4 is 16.5 Å². The van der Waals surface area contributed by atoms with Gasteiger partial charge >= 0.3 is 0 Å². The second kappa shape index (κ2) is 4.99. The molecule has 0 fully saturated rings. The van der Waals surface area contributed by atoms with Crippen molar-refractivity contribution in [2.24, 2.45) is 0 Å². The van der Waals surface area contributed by atoms with E-state index in [0.717, 1.165) is 18.7 Å². The van der Waals surface area contributed by atoms with Crippen molar-refractivity contribution in [2.75, 3.05) is 11.9 Å². The Morgan fingerprint density at radius 1 is 1.12 bits per heavy atom. The molecule has 2 heteroatoms. The zero-order valence-corrected chi connectivity index (χ0v) is 9.48. The lowest BCUT2D eigenvalue weighted by atomic mass is 10.1. The van der Waals surface area contributed by atoms with Crippen LogP contribution in [0.15, 0.2) is 42.5 Å². The molecule has 1 atom stereocenters. The van der Waals surface area contributed by atoms with Crippen molar-refractivity contribution in [3.63, 3.8) is 0 Å². The van der Waals surface area contributed by atoms with E-state index in [-0.39, 0.29) is 6.10 Å². The first kappa shape index (κ1) is 11.0. The number of aliphatic hydroxyl groups is 1. The van der Waals surface area contributed by atoms with E-state index in [1.165, 1.54) is 10.8 Å². The van der Waals surface area contributed by atoms with E-state index < -0.39 is 0 Å². The van der Waals surface area contributed by atoms with Crippen molar-refractivity contribution in [1.82, 2.24) is 0 Å². The number of anilines is 1. The lowest BCUT2D eigenvalue weighted by Crippen LogP contribution is -2.09. The third kappa shape index (κ3) is 2.74. The van der Waals surface area contributed by atoms with E-state index in [2.05, 4.69) is 35.6 Å². The number of hydrogen-bond donors (Lipinski definition) is 2. The molecule has 0 saturated heterocycles. The van der Waals surface area contributed by atoms with Crippen LogP contribution in [0.1, 0.15) is 13.3 Å². The minimum atomic E-state index is -0.243.